The summed E-state index contributed by atoms with van der Waals surface area (Å²) in [5, 5.41) is 13.9. The van der Waals surface area contributed by atoms with Crippen molar-refractivity contribution < 1.29 is 14.5 Å². The number of methoxy groups -OCH3 is 1. The van der Waals surface area contributed by atoms with Gasteiger partial charge in [-0.25, -0.2) is 0 Å². The lowest BCUT2D eigenvalue weighted by atomic mass is 10.2. The van der Waals surface area contributed by atoms with Gasteiger partial charge in [0.1, 0.15) is 0 Å². The van der Waals surface area contributed by atoms with Crippen LogP contribution in [0.25, 0.3) is 0 Å². The minimum Gasteiger partial charge on any atom is -0.383 e. The van der Waals surface area contributed by atoms with Crippen molar-refractivity contribution in [2.75, 3.05) is 57.9 Å². The van der Waals surface area contributed by atoms with Crippen molar-refractivity contribution in [3.63, 3.8) is 0 Å². The molecule has 0 atom stereocenters. The first-order valence-corrected chi connectivity index (χ1v) is 8.06. The molecule has 1 heterocycles. The maximum Gasteiger partial charge on any atom is 0.271 e. The van der Waals surface area contributed by atoms with E-state index in [2.05, 4.69) is 15.1 Å². The number of nitrogens with zero attached hydrogens (tertiary/aromatic N) is 3. The number of halogens is 1. The molecule has 0 bridgehead atoms. The third kappa shape index (κ3) is 5.05. The molecule has 1 aromatic rings. The summed E-state index contributed by atoms with van der Waals surface area (Å²) in [5.41, 5.74) is 0.765. The summed E-state index contributed by atoms with van der Waals surface area (Å²) >= 11 is 6.16. The molecule has 1 amide bonds. The van der Waals surface area contributed by atoms with Gasteiger partial charge >= 0.3 is 0 Å². The van der Waals surface area contributed by atoms with Crippen LogP contribution in [0.4, 0.5) is 11.4 Å². The van der Waals surface area contributed by atoms with E-state index < -0.39 is 4.92 Å². The third-order valence-corrected chi connectivity index (χ3v) is 4.15. The van der Waals surface area contributed by atoms with Crippen LogP contribution in [-0.2, 0) is 9.53 Å². The van der Waals surface area contributed by atoms with Crippen molar-refractivity contribution in [2.45, 2.75) is 0 Å². The number of anilines is 1. The quantitative estimate of drug-likeness (QED) is 0.447. The molecule has 24 heavy (non-hydrogen) atoms. The van der Waals surface area contributed by atoms with Crippen LogP contribution in [-0.4, -0.2) is 68.7 Å². The molecule has 1 N–H and O–H groups in total. The third-order valence-electron chi connectivity index (χ3n) is 3.85. The highest BCUT2D eigenvalue weighted by Gasteiger charge is 2.21. The molecule has 1 aromatic carbocycles. The number of rotatable bonds is 7. The molecule has 132 valence electrons. The summed E-state index contributed by atoms with van der Waals surface area (Å²) < 4.78 is 4.89. The van der Waals surface area contributed by atoms with E-state index in [-0.39, 0.29) is 11.6 Å². The van der Waals surface area contributed by atoms with Gasteiger partial charge in [0.15, 0.2) is 0 Å². The fraction of sp³-hybridized carbons (Fsp3) is 0.533. The monoisotopic (exact) mass is 356 g/mol. The zero-order valence-corrected chi connectivity index (χ0v) is 14.3. The Morgan fingerprint density at radius 3 is 2.67 bits per heavy atom. The Morgan fingerprint density at radius 2 is 2.08 bits per heavy atom. The predicted molar refractivity (Wildman–Crippen MR) is 91.6 cm³/mol. The van der Waals surface area contributed by atoms with Crippen LogP contribution in [0.2, 0.25) is 5.02 Å². The Bertz CT molecular complexity index is 591. The van der Waals surface area contributed by atoms with E-state index in [0.29, 0.717) is 37.8 Å². The van der Waals surface area contributed by atoms with Gasteiger partial charge in [0.25, 0.3) is 5.69 Å². The first kappa shape index (κ1) is 18.4. The fourth-order valence-electron chi connectivity index (χ4n) is 2.56. The molecule has 2 rings (SSSR count). The zero-order chi connectivity index (χ0) is 17.5. The molecule has 0 spiro atoms. The van der Waals surface area contributed by atoms with E-state index in [1.54, 1.807) is 13.2 Å². The Kier molecular flexibility index (Phi) is 6.77. The number of carbonyl (C=O) groups is 1. The van der Waals surface area contributed by atoms with Crippen LogP contribution in [0.5, 0.6) is 0 Å². The van der Waals surface area contributed by atoms with E-state index in [9.17, 15) is 14.9 Å². The minimum atomic E-state index is -0.463. The first-order chi connectivity index (χ1) is 11.5. The van der Waals surface area contributed by atoms with Crippen LogP contribution in [0.3, 0.4) is 0 Å². The number of piperazine rings is 1. The van der Waals surface area contributed by atoms with E-state index in [0.717, 1.165) is 18.8 Å². The summed E-state index contributed by atoms with van der Waals surface area (Å²) in [5.74, 6) is -0.0196. The Morgan fingerprint density at radius 1 is 1.38 bits per heavy atom. The van der Waals surface area contributed by atoms with Gasteiger partial charge in [0.05, 0.1) is 28.8 Å². The standard InChI is InChI=1S/C15H21ClN4O4/c1-24-9-4-17-15(21)11-18-5-7-19(8-6-18)14-3-2-12(20(22)23)10-13(14)16/h2-3,10H,4-9,11H2,1H3,(H,17,21). The van der Waals surface area contributed by atoms with Gasteiger partial charge in [-0.3, -0.25) is 19.8 Å². The molecule has 1 fully saturated rings. The number of amides is 1. The molecule has 0 aromatic heterocycles. The smallest absolute Gasteiger partial charge is 0.271 e. The number of hydrogen-bond donors (Lipinski definition) is 1. The second-order valence-electron chi connectivity index (χ2n) is 5.50. The fourth-order valence-corrected chi connectivity index (χ4v) is 2.86. The molecular weight excluding hydrogens is 336 g/mol. The Labute approximate surface area is 145 Å². The van der Waals surface area contributed by atoms with Gasteiger partial charge < -0.3 is 15.0 Å². The number of ether oxygens (including phenoxy) is 1. The van der Waals surface area contributed by atoms with Gasteiger partial charge in [0, 0.05) is 52.0 Å². The molecule has 8 nitrogen and oxygen atoms in total. The normalized spacial score (nSPS) is 15.3. The van der Waals surface area contributed by atoms with Crippen LogP contribution < -0.4 is 10.2 Å². The number of nitrogens with one attached hydrogen (secondary N) is 1. The lowest BCUT2D eigenvalue weighted by Crippen LogP contribution is -2.49. The molecule has 0 aliphatic carbocycles. The number of benzene rings is 1. The van der Waals surface area contributed by atoms with E-state index in [4.69, 9.17) is 16.3 Å². The Balaban J connectivity index is 1.84. The summed E-state index contributed by atoms with van der Waals surface area (Å²) in [6.07, 6.45) is 0. The molecular formula is C15H21ClN4O4. The number of carbonyl (C=O) groups excluding carboxylic acids is 1. The molecule has 0 radical (unpaired) electrons. The summed E-state index contributed by atoms with van der Waals surface area (Å²) in [4.78, 5) is 26.2. The maximum absolute atomic E-state index is 11.8. The average Bonchev–Trinajstić information content (AvgIpc) is 2.56. The van der Waals surface area contributed by atoms with Gasteiger partial charge in [-0.05, 0) is 6.07 Å². The second kappa shape index (κ2) is 8.81. The van der Waals surface area contributed by atoms with Crippen molar-refractivity contribution in [3.8, 4) is 0 Å². The molecule has 1 saturated heterocycles. The summed E-state index contributed by atoms with van der Waals surface area (Å²) in [6.45, 7) is 4.24. The van der Waals surface area contributed by atoms with Gasteiger partial charge in [0.2, 0.25) is 5.91 Å². The number of hydrogen-bond acceptors (Lipinski definition) is 6. The highest BCUT2D eigenvalue weighted by Crippen LogP contribution is 2.30. The van der Waals surface area contributed by atoms with Gasteiger partial charge in [-0.1, -0.05) is 11.6 Å². The van der Waals surface area contributed by atoms with Crippen LogP contribution in [0.15, 0.2) is 18.2 Å². The van der Waals surface area contributed by atoms with Crippen molar-refractivity contribution in [2.24, 2.45) is 0 Å². The molecule has 1 aliphatic heterocycles. The minimum absolute atomic E-state index is 0.0184. The topological polar surface area (TPSA) is 88.0 Å². The largest absolute Gasteiger partial charge is 0.383 e. The van der Waals surface area contributed by atoms with E-state index in [1.165, 1.54) is 12.1 Å². The molecule has 0 saturated carbocycles. The highest BCUT2D eigenvalue weighted by atomic mass is 35.5. The van der Waals surface area contributed by atoms with Crippen molar-refractivity contribution in [1.82, 2.24) is 10.2 Å². The maximum atomic E-state index is 11.8. The van der Waals surface area contributed by atoms with Crippen molar-refractivity contribution >= 4 is 28.9 Å². The molecule has 0 unspecified atom stereocenters. The van der Waals surface area contributed by atoms with Crippen molar-refractivity contribution in [1.29, 1.82) is 0 Å². The highest BCUT2D eigenvalue weighted by molar-refractivity contribution is 6.33. The van der Waals surface area contributed by atoms with Crippen LogP contribution in [0, 0.1) is 10.1 Å². The van der Waals surface area contributed by atoms with E-state index >= 15 is 0 Å². The zero-order valence-electron chi connectivity index (χ0n) is 13.5. The second-order valence-corrected chi connectivity index (χ2v) is 5.91. The van der Waals surface area contributed by atoms with Gasteiger partial charge in [-0.2, -0.15) is 0 Å². The van der Waals surface area contributed by atoms with Crippen LogP contribution in [0.1, 0.15) is 0 Å². The first-order valence-electron chi connectivity index (χ1n) is 7.68. The lowest BCUT2D eigenvalue weighted by molar-refractivity contribution is -0.384. The average molecular weight is 357 g/mol. The van der Waals surface area contributed by atoms with Crippen LogP contribution >= 0.6 is 11.6 Å². The summed E-state index contributed by atoms with van der Waals surface area (Å²) in [7, 11) is 1.59. The molecule has 1 aliphatic rings. The lowest BCUT2D eigenvalue weighted by Gasteiger charge is -2.36. The summed E-state index contributed by atoms with van der Waals surface area (Å²) in [6, 6.07) is 4.50. The van der Waals surface area contributed by atoms with Crippen molar-refractivity contribution in [3.05, 3.63) is 33.3 Å². The Hall–Kier alpha value is -1.90. The number of non-ortho nitro benzene ring substituents is 1. The SMILES string of the molecule is COCCNC(=O)CN1CCN(c2ccc([N+](=O)[O-])cc2Cl)CC1. The number of nitro benzene ring substituents is 1. The van der Waals surface area contributed by atoms with E-state index in [1.807, 2.05) is 0 Å². The predicted octanol–water partition coefficient (Wildman–Crippen LogP) is 1.13. The molecule has 9 heteroatoms. The number of nitro groups is 1. The van der Waals surface area contributed by atoms with Gasteiger partial charge in [-0.15, -0.1) is 0 Å².